The van der Waals surface area contributed by atoms with E-state index >= 15 is 0 Å². The molecule has 1 fully saturated rings. The maximum Gasteiger partial charge on any atom is 0.193 e. The molecule has 136 valence electrons. The van der Waals surface area contributed by atoms with E-state index in [4.69, 9.17) is 4.99 Å². The minimum absolute atomic E-state index is 0. The Bertz CT molecular complexity index is 472. The standard InChI is InChI=1S/C19H32N4.HI/c1-4-20-19(22(3)16-18-10-6-5-7-11-18)21-14-17(2)15-23-12-8-9-13-23;/h5-7,10-11,17H,4,8-9,12-16H2,1-3H3,(H,20,21);1H. The van der Waals surface area contributed by atoms with Crippen LogP contribution in [0.4, 0.5) is 0 Å². The summed E-state index contributed by atoms with van der Waals surface area (Å²) >= 11 is 0. The Hall–Kier alpha value is -0.820. The molecule has 1 heterocycles. The molecule has 0 aliphatic carbocycles. The Labute approximate surface area is 164 Å². The van der Waals surface area contributed by atoms with E-state index in [2.05, 4.69) is 66.3 Å². The van der Waals surface area contributed by atoms with Crippen molar-refractivity contribution in [2.45, 2.75) is 33.2 Å². The van der Waals surface area contributed by atoms with Crippen LogP contribution < -0.4 is 5.32 Å². The predicted molar refractivity (Wildman–Crippen MR) is 114 cm³/mol. The Kier molecular flexibility index (Phi) is 10.3. The molecule has 24 heavy (non-hydrogen) atoms. The number of hydrogen-bond acceptors (Lipinski definition) is 2. The highest BCUT2D eigenvalue weighted by Gasteiger charge is 2.15. The summed E-state index contributed by atoms with van der Waals surface area (Å²) in [5, 5.41) is 3.41. The maximum atomic E-state index is 4.86. The highest BCUT2D eigenvalue weighted by molar-refractivity contribution is 14.0. The van der Waals surface area contributed by atoms with E-state index in [9.17, 15) is 0 Å². The number of likely N-dealkylation sites (tertiary alicyclic amines) is 1. The first-order chi connectivity index (χ1) is 11.2. The molecule has 2 rings (SSSR count). The zero-order chi connectivity index (χ0) is 16.5. The molecule has 4 nitrogen and oxygen atoms in total. The molecule has 0 spiro atoms. The molecule has 0 amide bonds. The molecule has 1 aliphatic rings. The number of nitrogens with one attached hydrogen (secondary N) is 1. The van der Waals surface area contributed by atoms with E-state index in [0.29, 0.717) is 5.92 Å². The Morgan fingerprint density at radius 1 is 1.25 bits per heavy atom. The second-order valence-electron chi connectivity index (χ2n) is 6.65. The van der Waals surface area contributed by atoms with Crippen LogP contribution in [0.5, 0.6) is 0 Å². The number of benzene rings is 1. The predicted octanol–water partition coefficient (Wildman–Crippen LogP) is 3.43. The minimum atomic E-state index is 0. The van der Waals surface area contributed by atoms with Gasteiger partial charge in [0.2, 0.25) is 0 Å². The van der Waals surface area contributed by atoms with Crippen molar-refractivity contribution in [1.29, 1.82) is 0 Å². The van der Waals surface area contributed by atoms with Crippen molar-refractivity contribution in [3.63, 3.8) is 0 Å². The summed E-state index contributed by atoms with van der Waals surface area (Å²) in [4.78, 5) is 9.64. The molecule has 0 aromatic heterocycles. The first kappa shape index (κ1) is 21.2. The molecule has 0 radical (unpaired) electrons. The average Bonchev–Trinajstić information content (AvgIpc) is 3.05. The van der Waals surface area contributed by atoms with Gasteiger partial charge in [0.15, 0.2) is 5.96 Å². The maximum absolute atomic E-state index is 4.86. The van der Waals surface area contributed by atoms with Crippen molar-refractivity contribution < 1.29 is 0 Å². The van der Waals surface area contributed by atoms with Gasteiger partial charge in [0.25, 0.3) is 0 Å². The normalized spacial score (nSPS) is 16.5. The first-order valence-corrected chi connectivity index (χ1v) is 8.94. The Morgan fingerprint density at radius 2 is 1.92 bits per heavy atom. The third kappa shape index (κ3) is 7.38. The van der Waals surface area contributed by atoms with Crippen LogP contribution in [-0.2, 0) is 6.54 Å². The zero-order valence-electron chi connectivity index (χ0n) is 15.4. The van der Waals surface area contributed by atoms with Crippen LogP contribution in [0.25, 0.3) is 0 Å². The highest BCUT2D eigenvalue weighted by atomic mass is 127. The van der Waals surface area contributed by atoms with Crippen LogP contribution in [0.2, 0.25) is 0 Å². The second-order valence-corrected chi connectivity index (χ2v) is 6.65. The van der Waals surface area contributed by atoms with Gasteiger partial charge in [-0.15, -0.1) is 24.0 Å². The molecular formula is C19H33IN4. The molecule has 0 saturated carbocycles. The van der Waals surface area contributed by atoms with Gasteiger partial charge in [0.1, 0.15) is 0 Å². The quantitative estimate of drug-likeness (QED) is 0.397. The lowest BCUT2D eigenvalue weighted by Crippen LogP contribution is -2.39. The third-order valence-corrected chi connectivity index (χ3v) is 4.28. The molecule has 5 heteroatoms. The summed E-state index contributed by atoms with van der Waals surface area (Å²) in [5.41, 5.74) is 1.31. The first-order valence-electron chi connectivity index (χ1n) is 8.94. The fraction of sp³-hybridized carbons (Fsp3) is 0.632. The summed E-state index contributed by atoms with van der Waals surface area (Å²) in [7, 11) is 2.11. The Balaban J connectivity index is 0.00000288. The lowest BCUT2D eigenvalue weighted by atomic mass is 10.2. The van der Waals surface area contributed by atoms with E-state index in [0.717, 1.165) is 25.6 Å². The molecule has 1 N–H and O–H groups in total. The lowest BCUT2D eigenvalue weighted by molar-refractivity contribution is 0.291. The molecular weight excluding hydrogens is 411 g/mol. The van der Waals surface area contributed by atoms with Crippen LogP contribution in [0.15, 0.2) is 35.3 Å². The highest BCUT2D eigenvalue weighted by Crippen LogP contribution is 2.10. The number of halogens is 1. The smallest absolute Gasteiger partial charge is 0.193 e. The Morgan fingerprint density at radius 3 is 2.54 bits per heavy atom. The molecule has 1 aromatic carbocycles. The monoisotopic (exact) mass is 444 g/mol. The average molecular weight is 444 g/mol. The van der Waals surface area contributed by atoms with Crippen molar-refractivity contribution in [2.24, 2.45) is 10.9 Å². The van der Waals surface area contributed by atoms with E-state index in [-0.39, 0.29) is 24.0 Å². The lowest BCUT2D eigenvalue weighted by Gasteiger charge is -2.23. The van der Waals surface area contributed by atoms with Gasteiger partial charge >= 0.3 is 0 Å². The number of guanidine groups is 1. The van der Waals surface area contributed by atoms with Crippen molar-refractivity contribution in [3.05, 3.63) is 35.9 Å². The molecule has 1 aliphatic heterocycles. The van der Waals surface area contributed by atoms with Gasteiger partial charge in [0.05, 0.1) is 0 Å². The van der Waals surface area contributed by atoms with Gasteiger partial charge in [-0.3, -0.25) is 4.99 Å². The van der Waals surface area contributed by atoms with E-state index in [1.165, 1.54) is 38.0 Å². The van der Waals surface area contributed by atoms with Crippen LogP contribution in [-0.4, -0.2) is 55.5 Å². The molecule has 1 aromatic rings. The fourth-order valence-electron chi connectivity index (χ4n) is 3.11. The summed E-state index contributed by atoms with van der Waals surface area (Å²) in [6.07, 6.45) is 2.72. The number of nitrogens with zero attached hydrogens (tertiary/aromatic N) is 3. The van der Waals surface area contributed by atoms with Crippen LogP contribution in [0.3, 0.4) is 0 Å². The fourth-order valence-corrected chi connectivity index (χ4v) is 3.11. The minimum Gasteiger partial charge on any atom is -0.357 e. The zero-order valence-corrected chi connectivity index (χ0v) is 17.7. The van der Waals surface area contributed by atoms with Gasteiger partial charge < -0.3 is 15.1 Å². The third-order valence-electron chi connectivity index (χ3n) is 4.28. The number of aliphatic imine (C=N–C) groups is 1. The summed E-state index contributed by atoms with van der Waals surface area (Å²) in [5.74, 6) is 1.61. The van der Waals surface area contributed by atoms with Gasteiger partial charge in [-0.25, -0.2) is 0 Å². The van der Waals surface area contributed by atoms with Crippen LogP contribution in [0.1, 0.15) is 32.3 Å². The molecule has 0 bridgehead atoms. The van der Waals surface area contributed by atoms with E-state index < -0.39 is 0 Å². The van der Waals surface area contributed by atoms with Crippen molar-refractivity contribution in [2.75, 3.05) is 39.8 Å². The van der Waals surface area contributed by atoms with Gasteiger partial charge in [-0.05, 0) is 44.3 Å². The topological polar surface area (TPSA) is 30.9 Å². The van der Waals surface area contributed by atoms with Gasteiger partial charge in [-0.2, -0.15) is 0 Å². The van der Waals surface area contributed by atoms with Gasteiger partial charge in [-0.1, -0.05) is 37.3 Å². The van der Waals surface area contributed by atoms with Crippen molar-refractivity contribution in [1.82, 2.24) is 15.1 Å². The molecule has 1 atom stereocenters. The summed E-state index contributed by atoms with van der Waals surface area (Å²) < 4.78 is 0. The second kappa shape index (κ2) is 11.7. The summed E-state index contributed by atoms with van der Waals surface area (Å²) in [6, 6.07) is 10.6. The largest absolute Gasteiger partial charge is 0.357 e. The summed E-state index contributed by atoms with van der Waals surface area (Å²) in [6.45, 7) is 10.8. The van der Waals surface area contributed by atoms with Crippen molar-refractivity contribution >= 4 is 29.9 Å². The molecule has 1 unspecified atom stereocenters. The SMILES string of the molecule is CCNC(=NCC(C)CN1CCCC1)N(C)Cc1ccccc1.I. The number of rotatable bonds is 7. The van der Waals surface area contributed by atoms with E-state index in [1.807, 2.05) is 0 Å². The van der Waals surface area contributed by atoms with Crippen molar-refractivity contribution in [3.8, 4) is 0 Å². The number of hydrogen-bond donors (Lipinski definition) is 1. The van der Waals surface area contributed by atoms with Crippen LogP contribution >= 0.6 is 24.0 Å². The van der Waals surface area contributed by atoms with E-state index in [1.54, 1.807) is 0 Å². The van der Waals surface area contributed by atoms with Gasteiger partial charge in [0, 0.05) is 33.2 Å². The van der Waals surface area contributed by atoms with Crippen LogP contribution in [0, 0.1) is 5.92 Å². The molecule has 1 saturated heterocycles.